The standard InChI is InChI=1S/C15H30N2O3/c1-6-17(12(3)11-19-5)13-8-9-15(10-13,16-4)14(18)20-7-2/h12-13,16H,6-11H2,1-5H3. The lowest BCUT2D eigenvalue weighted by molar-refractivity contribution is -0.151. The first-order chi connectivity index (χ1) is 9.54. The molecule has 0 aromatic rings. The van der Waals surface area contributed by atoms with Gasteiger partial charge in [0.15, 0.2) is 0 Å². The van der Waals surface area contributed by atoms with E-state index in [0.29, 0.717) is 18.7 Å². The number of likely N-dealkylation sites (N-methyl/N-ethyl adjacent to an activating group) is 2. The molecular weight excluding hydrogens is 256 g/mol. The van der Waals surface area contributed by atoms with E-state index < -0.39 is 5.54 Å². The molecule has 1 aliphatic carbocycles. The number of carbonyl (C=O) groups is 1. The lowest BCUT2D eigenvalue weighted by Gasteiger charge is -2.34. The minimum atomic E-state index is -0.513. The van der Waals surface area contributed by atoms with Crippen LogP contribution in [0.5, 0.6) is 0 Å². The second kappa shape index (κ2) is 7.96. The maximum absolute atomic E-state index is 12.2. The zero-order chi connectivity index (χ0) is 15.2. The number of hydrogen-bond acceptors (Lipinski definition) is 5. The first kappa shape index (κ1) is 17.4. The van der Waals surface area contributed by atoms with Crippen LogP contribution in [-0.4, -0.2) is 62.4 Å². The van der Waals surface area contributed by atoms with Gasteiger partial charge in [0.1, 0.15) is 5.54 Å². The maximum atomic E-state index is 12.2. The van der Waals surface area contributed by atoms with Crippen molar-refractivity contribution >= 4 is 5.97 Å². The number of nitrogens with one attached hydrogen (secondary N) is 1. The predicted molar refractivity (Wildman–Crippen MR) is 79.8 cm³/mol. The summed E-state index contributed by atoms with van der Waals surface area (Å²) in [5.41, 5.74) is -0.513. The molecule has 0 aromatic carbocycles. The summed E-state index contributed by atoms with van der Waals surface area (Å²) in [6.07, 6.45) is 2.66. The molecule has 0 radical (unpaired) electrons. The number of hydrogen-bond donors (Lipinski definition) is 1. The number of carbonyl (C=O) groups excluding carboxylic acids is 1. The molecule has 0 aliphatic heterocycles. The number of nitrogens with zero attached hydrogens (tertiary/aromatic N) is 1. The van der Waals surface area contributed by atoms with Crippen molar-refractivity contribution in [2.75, 3.05) is 33.9 Å². The third-order valence-corrected chi connectivity index (χ3v) is 4.44. The van der Waals surface area contributed by atoms with Gasteiger partial charge in [-0.3, -0.25) is 9.69 Å². The van der Waals surface area contributed by atoms with Crippen molar-refractivity contribution in [2.45, 2.75) is 57.7 Å². The minimum absolute atomic E-state index is 0.111. The topological polar surface area (TPSA) is 50.8 Å². The molecule has 0 bridgehead atoms. The van der Waals surface area contributed by atoms with Crippen LogP contribution in [0.4, 0.5) is 0 Å². The molecule has 1 saturated carbocycles. The Morgan fingerprint density at radius 1 is 1.50 bits per heavy atom. The van der Waals surface area contributed by atoms with Crippen molar-refractivity contribution in [1.82, 2.24) is 10.2 Å². The highest BCUT2D eigenvalue weighted by Crippen LogP contribution is 2.34. The molecule has 1 aliphatic rings. The molecule has 0 amide bonds. The zero-order valence-electron chi connectivity index (χ0n) is 13.6. The maximum Gasteiger partial charge on any atom is 0.326 e. The molecule has 0 aromatic heterocycles. The summed E-state index contributed by atoms with van der Waals surface area (Å²) in [5, 5.41) is 3.21. The summed E-state index contributed by atoms with van der Waals surface area (Å²) >= 11 is 0. The SMILES string of the molecule is CCOC(=O)C1(NC)CCC(N(CC)C(C)COC)C1. The number of methoxy groups -OCH3 is 1. The highest BCUT2D eigenvalue weighted by Gasteiger charge is 2.47. The van der Waals surface area contributed by atoms with Gasteiger partial charge in [-0.1, -0.05) is 6.92 Å². The lowest BCUT2D eigenvalue weighted by Crippen LogP contribution is -2.51. The molecule has 3 unspecified atom stereocenters. The van der Waals surface area contributed by atoms with E-state index >= 15 is 0 Å². The van der Waals surface area contributed by atoms with Gasteiger partial charge in [0, 0.05) is 19.2 Å². The molecule has 20 heavy (non-hydrogen) atoms. The van der Waals surface area contributed by atoms with Gasteiger partial charge in [0.2, 0.25) is 0 Å². The Morgan fingerprint density at radius 2 is 2.20 bits per heavy atom. The van der Waals surface area contributed by atoms with Crippen molar-refractivity contribution in [3.05, 3.63) is 0 Å². The summed E-state index contributed by atoms with van der Waals surface area (Å²) in [6.45, 7) is 8.32. The van der Waals surface area contributed by atoms with Gasteiger partial charge in [-0.15, -0.1) is 0 Å². The summed E-state index contributed by atoms with van der Waals surface area (Å²) in [5.74, 6) is -0.111. The number of ether oxygens (including phenoxy) is 2. The van der Waals surface area contributed by atoms with E-state index in [-0.39, 0.29) is 5.97 Å². The minimum Gasteiger partial charge on any atom is -0.465 e. The average molecular weight is 286 g/mol. The Labute approximate surface area is 123 Å². The first-order valence-corrected chi connectivity index (χ1v) is 7.65. The van der Waals surface area contributed by atoms with Gasteiger partial charge in [0.25, 0.3) is 0 Å². The molecule has 5 nitrogen and oxygen atoms in total. The monoisotopic (exact) mass is 286 g/mol. The molecule has 1 fully saturated rings. The summed E-state index contributed by atoms with van der Waals surface area (Å²) < 4.78 is 10.5. The van der Waals surface area contributed by atoms with Crippen LogP contribution >= 0.6 is 0 Å². The average Bonchev–Trinajstić information content (AvgIpc) is 2.86. The fourth-order valence-electron chi connectivity index (χ4n) is 3.35. The van der Waals surface area contributed by atoms with E-state index in [4.69, 9.17) is 9.47 Å². The predicted octanol–water partition coefficient (Wildman–Crippen LogP) is 1.42. The van der Waals surface area contributed by atoms with Crippen LogP contribution in [0, 0.1) is 0 Å². The van der Waals surface area contributed by atoms with Gasteiger partial charge < -0.3 is 14.8 Å². The molecule has 5 heteroatoms. The van der Waals surface area contributed by atoms with Gasteiger partial charge in [-0.25, -0.2) is 0 Å². The molecule has 1 rings (SSSR count). The van der Waals surface area contributed by atoms with Crippen LogP contribution in [0.1, 0.15) is 40.0 Å². The van der Waals surface area contributed by atoms with E-state index in [0.717, 1.165) is 32.4 Å². The molecule has 118 valence electrons. The second-order valence-electron chi connectivity index (χ2n) is 5.58. The summed E-state index contributed by atoms with van der Waals surface area (Å²) in [7, 11) is 3.59. The van der Waals surface area contributed by atoms with Crippen molar-refractivity contribution in [3.8, 4) is 0 Å². The highest BCUT2D eigenvalue weighted by molar-refractivity contribution is 5.81. The van der Waals surface area contributed by atoms with Crippen LogP contribution in [0.25, 0.3) is 0 Å². The Balaban J connectivity index is 2.74. The molecule has 1 N–H and O–H groups in total. The van der Waals surface area contributed by atoms with Crippen molar-refractivity contribution < 1.29 is 14.3 Å². The van der Waals surface area contributed by atoms with Crippen molar-refractivity contribution in [2.24, 2.45) is 0 Å². The van der Waals surface area contributed by atoms with Crippen LogP contribution < -0.4 is 5.32 Å². The highest BCUT2D eigenvalue weighted by atomic mass is 16.5. The third kappa shape index (κ3) is 3.71. The Bertz CT molecular complexity index is 311. The van der Waals surface area contributed by atoms with Crippen LogP contribution in [-0.2, 0) is 14.3 Å². The molecule has 0 saturated heterocycles. The first-order valence-electron chi connectivity index (χ1n) is 7.65. The fourth-order valence-corrected chi connectivity index (χ4v) is 3.35. The van der Waals surface area contributed by atoms with E-state index in [1.165, 1.54) is 0 Å². The lowest BCUT2D eigenvalue weighted by atomic mass is 9.97. The van der Waals surface area contributed by atoms with E-state index in [1.807, 2.05) is 14.0 Å². The Kier molecular flexibility index (Phi) is 6.92. The largest absolute Gasteiger partial charge is 0.465 e. The molecule has 0 heterocycles. The van der Waals surface area contributed by atoms with Gasteiger partial charge in [-0.2, -0.15) is 0 Å². The Morgan fingerprint density at radius 3 is 2.70 bits per heavy atom. The third-order valence-electron chi connectivity index (χ3n) is 4.44. The second-order valence-corrected chi connectivity index (χ2v) is 5.58. The number of esters is 1. The van der Waals surface area contributed by atoms with Gasteiger partial charge in [0.05, 0.1) is 13.2 Å². The van der Waals surface area contributed by atoms with Crippen molar-refractivity contribution in [1.29, 1.82) is 0 Å². The van der Waals surface area contributed by atoms with E-state index in [1.54, 1.807) is 7.11 Å². The van der Waals surface area contributed by atoms with E-state index in [9.17, 15) is 4.79 Å². The zero-order valence-corrected chi connectivity index (χ0v) is 13.6. The molecule has 0 spiro atoms. The Hall–Kier alpha value is -0.650. The van der Waals surface area contributed by atoms with Crippen LogP contribution in [0.2, 0.25) is 0 Å². The van der Waals surface area contributed by atoms with E-state index in [2.05, 4.69) is 24.1 Å². The quantitative estimate of drug-likeness (QED) is 0.684. The molecular formula is C15H30N2O3. The molecule has 3 atom stereocenters. The summed E-state index contributed by atoms with van der Waals surface area (Å²) in [4.78, 5) is 14.7. The summed E-state index contributed by atoms with van der Waals surface area (Å²) in [6, 6.07) is 0.770. The van der Waals surface area contributed by atoms with Crippen LogP contribution in [0.3, 0.4) is 0 Å². The number of rotatable bonds is 8. The van der Waals surface area contributed by atoms with Crippen molar-refractivity contribution in [3.63, 3.8) is 0 Å². The fraction of sp³-hybridized carbons (Fsp3) is 0.933. The smallest absolute Gasteiger partial charge is 0.326 e. The van der Waals surface area contributed by atoms with Gasteiger partial charge >= 0.3 is 5.97 Å². The normalized spacial score (nSPS) is 27.8. The van der Waals surface area contributed by atoms with Gasteiger partial charge in [-0.05, 0) is 46.7 Å². The van der Waals surface area contributed by atoms with Crippen LogP contribution in [0.15, 0.2) is 0 Å².